The molecule has 1 aliphatic carbocycles. The lowest BCUT2D eigenvalue weighted by molar-refractivity contribution is 0.0933. The van der Waals surface area contributed by atoms with Gasteiger partial charge in [-0.3, -0.25) is 4.79 Å². The second kappa shape index (κ2) is 4.66. The van der Waals surface area contributed by atoms with Crippen molar-refractivity contribution in [2.75, 3.05) is 6.54 Å². The number of hydrogen-bond acceptors (Lipinski definition) is 2. The van der Waals surface area contributed by atoms with Gasteiger partial charge in [0, 0.05) is 18.2 Å². The molecule has 2 rings (SSSR count). The molecule has 1 atom stereocenters. The van der Waals surface area contributed by atoms with Crippen LogP contribution in [0.15, 0.2) is 24.3 Å². The average Bonchev–Trinajstić information content (AvgIpc) is 3.10. The fraction of sp³-hybridized carbons (Fsp3) is 0.462. The molecule has 1 fully saturated rings. The summed E-state index contributed by atoms with van der Waals surface area (Å²) >= 11 is 0. The molecule has 3 nitrogen and oxygen atoms in total. The first kappa shape index (κ1) is 11.1. The third kappa shape index (κ3) is 2.42. The molecule has 1 saturated carbocycles. The van der Waals surface area contributed by atoms with Crippen LogP contribution in [0.4, 0.5) is 0 Å². The molecular weight excluding hydrogens is 200 g/mol. The molecule has 1 aromatic rings. The maximum Gasteiger partial charge on any atom is 0.251 e. The molecule has 0 heterocycles. The minimum Gasteiger partial charge on any atom is -0.348 e. The van der Waals surface area contributed by atoms with Gasteiger partial charge >= 0.3 is 0 Å². The average molecular weight is 218 g/mol. The summed E-state index contributed by atoms with van der Waals surface area (Å²) in [4.78, 5) is 12.0. The highest BCUT2D eigenvalue weighted by atomic mass is 16.1. The van der Waals surface area contributed by atoms with Crippen molar-refractivity contribution in [3.05, 3.63) is 35.4 Å². The number of amides is 1. The van der Waals surface area contributed by atoms with Crippen molar-refractivity contribution in [3.8, 4) is 0 Å². The second-order valence-electron chi connectivity index (χ2n) is 4.47. The Kier molecular flexibility index (Phi) is 3.25. The van der Waals surface area contributed by atoms with E-state index in [1.54, 1.807) is 0 Å². The Morgan fingerprint density at radius 2 is 2.19 bits per heavy atom. The highest BCUT2D eigenvalue weighted by Crippen LogP contribution is 2.32. The molecule has 0 radical (unpaired) electrons. The molecule has 1 amide bonds. The smallest absolute Gasteiger partial charge is 0.251 e. The Bertz CT molecular complexity index is 385. The van der Waals surface area contributed by atoms with E-state index in [0.29, 0.717) is 12.5 Å². The van der Waals surface area contributed by atoms with E-state index in [4.69, 9.17) is 5.73 Å². The quantitative estimate of drug-likeness (QED) is 0.804. The maximum atomic E-state index is 12.0. The molecule has 3 N–H and O–H groups in total. The Morgan fingerprint density at radius 3 is 2.75 bits per heavy atom. The number of benzene rings is 1. The fourth-order valence-corrected chi connectivity index (χ4v) is 1.94. The summed E-state index contributed by atoms with van der Waals surface area (Å²) in [6.07, 6.45) is 2.38. The zero-order valence-corrected chi connectivity index (χ0v) is 9.57. The molecule has 16 heavy (non-hydrogen) atoms. The molecule has 1 unspecified atom stereocenters. The van der Waals surface area contributed by atoms with Crippen molar-refractivity contribution in [1.82, 2.24) is 5.32 Å². The number of nitrogens with two attached hydrogens (primary N) is 1. The van der Waals surface area contributed by atoms with E-state index >= 15 is 0 Å². The summed E-state index contributed by atoms with van der Waals surface area (Å²) in [5, 5.41) is 3.02. The lowest BCUT2D eigenvalue weighted by atomic mass is 10.1. The number of carbonyl (C=O) groups excluding carboxylic acids is 1. The predicted octanol–water partition coefficient (Wildman–Crippen LogP) is 1.46. The summed E-state index contributed by atoms with van der Waals surface area (Å²) in [6.45, 7) is 2.48. The topological polar surface area (TPSA) is 55.1 Å². The van der Waals surface area contributed by atoms with Crippen LogP contribution >= 0.6 is 0 Å². The van der Waals surface area contributed by atoms with E-state index in [1.165, 1.54) is 12.8 Å². The van der Waals surface area contributed by atoms with Crippen molar-refractivity contribution in [2.24, 2.45) is 11.7 Å². The van der Waals surface area contributed by atoms with Gasteiger partial charge in [0.2, 0.25) is 0 Å². The normalized spacial score (nSPS) is 16.9. The Balaban J connectivity index is 2.04. The summed E-state index contributed by atoms with van der Waals surface area (Å²) in [7, 11) is 0. The van der Waals surface area contributed by atoms with Gasteiger partial charge in [-0.15, -0.1) is 0 Å². The van der Waals surface area contributed by atoms with Crippen molar-refractivity contribution >= 4 is 5.91 Å². The maximum absolute atomic E-state index is 12.0. The molecule has 1 aromatic carbocycles. The van der Waals surface area contributed by atoms with Crippen LogP contribution in [0.25, 0.3) is 0 Å². The highest BCUT2D eigenvalue weighted by Gasteiger charge is 2.31. The first-order chi connectivity index (χ1) is 7.72. The first-order valence-electron chi connectivity index (χ1n) is 5.79. The number of aryl methyl sites for hydroxylation is 1. The van der Waals surface area contributed by atoms with E-state index < -0.39 is 0 Å². The number of hydrogen-bond donors (Lipinski definition) is 2. The van der Waals surface area contributed by atoms with Gasteiger partial charge in [-0.25, -0.2) is 0 Å². The van der Waals surface area contributed by atoms with Gasteiger partial charge in [0.25, 0.3) is 5.91 Å². The minimum atomic E-state index is 0.000417. The van der Waals surface area contributed by atoms with Crippen molar-refractivity contribution in [3.63, 3.8) is 0 Å². The predicted molar refractivity (Wildman–Crippen MR) is 64.2 cm³/mol. The number of rotatable bonds is 4. The SMILES string of the molecule is Cc1ccccc1C(=O)NC(CN)C1CC1. The zero-order valence-electron chi connectivity index (χ0n) is 9.57. The van der Waals surface area contributed by atoms with Gasteiger partial charge in [0.1, 0.15) is 0 Å². The van der Waals surface area contributed by atoms with Gasteiger partial charge in [0.15, 0.2) is 0 Å². The largest absolute Gasteiger partial charge is 0.348 e. The van der Waals surface area contributed by atoms with Crippen LogP contribution in [0, 0.1) is 12.8 Å². The summed E-state index contributed by atoms with van der Waals surface area (Å²) in [5.74, 6) is 0.596. The molecule has 0 aromatic heterocycles. The Morgan fingerprint density at radius 1 is 1.50 bits per heavy atom. The Labute approximate surface area is 96.0 Å². The van der Waals surface area contributed by atoms with Crippen molar-refractivity contribution in [1.29, 1.82) is 0 Å². The molecule has 1 aliphatic rings. The lowest BCUT2D eigenvalue weighted by Gasteiger charge is -2.16. The first-order valence-corrected chi connectivity index (χ1v) is 5.79. The van der Waals surface area contributed by atoms with Gasteiger partial charge in [-0.1, -0.05) is 18.2 Å². The van der Waals surface area contributed by atoms with E-state index in [0.717, 1.165) is 11.1 Å². The van der Waals surface area contributed by atoms with Crippen LogP contribution in [0.1, 0.15) is 28.8 Å². The molecule has 0 saturated heterocycles. The second-order valence-corrected chi connectivity index (χ2v) is 4.47. The van der Waals surface area contributed by atoms with E-state index in [-0.39, 0.29) is 11.9 Å². The summed E-state index contributed by atoms with van der Waals surface area (Å²) in [5.41, 5.74) is 7.42. The third-order valence-corrected chi connectivity index (χ3v) is 3.15. The van der Waals surface area contributed by atoms with E-state index in [1.807, 2.05) is 31.2 Å². The number of carbonyl (C=O) groups is 1. The van der Waals surface area contributed by atoms with E-state index in [9.17, 15) is 4.79 Å². The highest BCUT2D eigenvalue weighted by molar-refractivity contribution is 5.95. The van der Waals surface area contributed by atoms with Gasteiger partial charge in [-0.05, 0) is 37.3 Å². The van der Waals surface area contributed by atoms with Crippen molar-refractivity contribution < 1.29 is 4.79 Å². The van der Waals surface area contributed by atoms with Crippen LogP contribution in [-0.4, -0.2) is 18.5 Å². The third-order valence-electron chi connectivity index (χ3n) is 3.15. The van der Waals surface area contributed by atoms with Crippen LogP contribution < -0.4 is 11.1 Å². The van der Waals surface area contributed by atoms with Gasteiger partial charge in [-0.2, -0.15) is 0 Å². The molecule has 0 aliphatic heterocycles. The van der Waals surface area contributed by atoms with Crippen LogP contribution in [0.5, 0.6) is 0 Å². The van der Waals surface area contributed by atoms with Gasteiger partial charge < -0.3 is 11.1 Å². The monoisotopic (exact) mass is 218 g/mol. The summed E-state index contributed by atoms with van der Waals surface area (Å²) in [6, 6.07) is 7.77. The zero-order chi connectivity index (χ0) is 11.5. The molecule has 86 valence electrons. The van der Waals surface area contributed by atoms with Crippen LogP contribution in [0.3, 0.4) is 0 Å². The standard InChI is InChI=1S/C13H18N2O/c1-9-4-2-3-5-11(9)13(16)15-12(8-14)10-6-7-10/h2-5,10,12H,6-8,14H2,1H3,(H,15,16). The molecule has 0 spiro atoms. The van der Waals surface area contributed by atoms with Crippen LogP contribution in [-0.2, 0) is 0 Å². The minimum absolute atomic E-state index is 0.000417. The summed E-state index contributed by atoms with van der Waals surface area (Å²) < 4.78 is 0. The van der Waals surface area contributed by atoms with Crippen LogP contribution in [0.2, 0.25) is 0 Å². The molecular formula is C13H18N2O. The van der Waals surface area contributed by atoms with E-state index in [2.05, 4.69) is 5.32 Å². The number of nitrogens with one attached hydrogen (secondary N) is 1. The molecule has 3 heteroatoms. The Hall–Kier alpha value is -1.35. The lowest BCUT2D eigenvalue weighted by Crippen LogP contribution is -2.41. The molecule has 0 bridgehead atoms. The fourth-order valence-electron chi connectivity index (χ4n) is 1.94. The van der Waals surface area contributed by atoms with Crippen molar-refractivity contribution in [2.45, 2.75) is 25.8 Å². The van der Waals surface area contributed by atoms with Gasteiger partial charge in [0.05, 0.1) is 0 Å².